The summed E-state index contributed by atoms with van der Waals surface area (Å²) in [5.74, 6) is 0. The Balaban J connectivity index is 2.92. The Bertz CT molecular complexity index is 928. The Morgan fingerprint density at radius 1 is 0.618 bits per heavy atom. The molecule has 0 fully saturated rings. The van der Waals surface area contributed by atoms with E-state index in [2.05, 4.69) is 146 Å². The van der Waals surface area contributed by atoms with Crippen molar-refractivity contribution in [3.63, 3.8) is 0 Å². The van der Waals surface area contributed by atoms with E-state index >= 15 is 0 Å². The van der Waals surface area contributed by atoms with Crippen molar-refractivity contribution in [3.8, 4) is 0 Å². The summed E-state index contributed by atoms with van der Waals surface area (Å²) >= 11 is 0. The van der Waals surface area contributed by atoms with E-state index in [1.807, 2.05) is 0 Å². The molecule has 0 bridgehead atoms. The Labute approximate surface area is 216 Å². The van der Waals surface area contributed by atoms with E-state index in [1.54, 1.807) is 5.19 Å². The van der Waals surface area contributed by atoms with Crippen molar-refractivity contribution in [1.29, 1.82) is 0 Å². The smallest absolute Gasteiger partial charge is 0.0792 e. The van der Waals surface area contributed by atoms with Crippen LogP contribution in [-0.4, -0.2) is 16.9 Å². The van der Waals surface area contributed by atoms with Gasteiger partial charge in [-0.2, -0.15) is 0 Å². The van der Waals surface area contributed by atoms with Crippen LogP contribution in [0.2, 0.25) is 30.8 Å². The molecular formula is C32H54Si2. The van der Waals surface area contributed by atoms with Crippen molar-refractivity contribution in [2.45, 2.75) is 125 Å². The van der Waals surface area contributed by atoms with Gasteiger partial charge in [0.25, 0.3) is 0 Å². The molecule has 0 saturated carbocycles. The molecule has 1 unspecified atom stereocenters. The molecule has 2 rings (SSSR count). The van der Waals surface area contributed by atoms with Crippen molar-refractivity contribution >= 4 is 22.1 Å². The molecule has 0 heterocycles. The van der Waals surface area contributed by atoms with Crippen LogP contribution < -0.4 is 5.19 Å². The lowest BCUT2D eigenvalue weighted by molar-refractivity contribution is 0.480. The number of rotatable bonds is 3. The molecule has 1 aromatic rings. The summed E-state index contributed by atoms with van der Waals surface area (Å²) in [6.07, 6.45) is 7.99. The van der Waals surface area contributed by atoms with Gasteiger partial charge < -0.3 is 0 Å². The highest BCUT2D eigenvalue weighted by Gasteiger charge is 2.52. The first kappa shape index (κ1) is 29.4. The molecule has 1 aliphatic carbocycles. The minimum Gasteiger partial charge on any atom is -0.0792 e. The molecule has 0 N–H and O–H groups in total. The second-order valence-corrected chi connectivity index (χ2v) is 23.6. The van der Waals surface area contributed by atoms with Crippen LogP contribution in [-0.2, 0) is 10.8 Å². The molecule has 2 heteroatoms. The van der Waals surface area contributed by atoms with E-state index in [9.17, 15) is 0 Å². The summed E-state index contributed by atoms with van der Waals surface area (Å²) in [5.41, 5.74) is 6.56. The van der Waals surface area contributed by atoms with E-state index in [4.69, 9.17) is 0 Å². The van der Waals surface area contributed by atoms with Crippen molar-refractivity contribution in [1.82, 2.24) is 0 Å². The summed E-state index contributed by atoms with van der Waals surface area (Å²) in [4.78, 5) is 0. The number of benzene rings is 1. The Hall–Kier alpha value is -0.866. The average molecular weight is 495 g/mol. The lowest BCUT2D eigenvalue weighted by Crippen LogP contribution is -2.59. The molecular weight excluding hydrogens is 441 g/mol. The molecule has 0 aliphatic heterocycles. The van der Waals surface area contributed by atoms with Gasteiger partial charge in [0, 0.05) is 0 Å². The largest absolute Gasteiger partial charge is 0.0882 e. The van der Waals surface area contributed by atoms with Gasteiger partial charge in [-0.15, -0.1) is 0 Å². The van der Waals surface area contributed by atoms with E-state index < -0.39 is 16.9 Å². The van der Waals surface area contributed by atoms with E-state index in [1.165, 1.54) is 22.3 Å². The van der Waals surface area contributed by atoms with Gasteiger partial charge in [0.05, 0.1) is 16.9 Å². The minimum atomic E-state index is -1.98. The topological polar surface area (TPSA) is 0 Å². The maximum absolute atomic E-state index is 2.74. The van der Waals surface area contributed by atoms with Crippen LogP contribution in [0.25, 0.3) is 0 Å². The van der Waals surface area contributed by atoms with Crippen LogP contribution in [0.5, 0.6) is 0 Å². The minimum absolute atomic E-state index is 0.138. The van der Waals surface area contributed by atoms with Crippen molar-refractivity contribution in [3.05, 3.63) is 59.0 Å². The first-order chi connectivity index (χ1) is 14.9. The van der Waals surface area contributed by atoms with Gasteiger partial charge in [0.1, 0.15) is 0 Å². The third-order valence-electron chi connectivity index (χ3n) is 8.06. The van der Waals surface area contributed by atoms with Crippen molar-refractivity contribution < 1.29 is 0 Å². The Morgan fingerprint density at radius 3 is 1.35 bits per heavy atom. The second kappa shape index (κ2) is 8.91. The third-order valence-corrected chi connectivity index (χ3v) is 17.5. The van der Waals surface area contributed by atoms with Gasteiger partial charge in [0.2, 0.25) is 0 Å². The molecule has 0 amide bonds. The first-order valence-corrected chi connectivity index (χ1v) is 18.7. The summed E-state index contributed by atoms with van der Waals surface area (Å²) in [6, 6.07) is 7.65. The SMILES string of the molecule is C[Si](C)C1([Si](C)(C)c2cc(C(C)(C)C)cc(C(C)(C)C)c2)[CH]C(C(C)(C)C)=CC(C(C)(C)C)=C1. The number of hydrogen-bond donors (Lipinski definition) is 0. The quantitative estimate of drug-likeness (QED) is 0.367. The van der Waals surface area contributed by atoms with Crippen LogP contribution in [0.1, 0.15) is 94.2 Å². The standard InChI is InChI=1S/C32H54Si2/c1-28(2,3)23-17-24(29(4,5)6)20-27(19-23)34(15,16)32(33(13)14)21-25(30(7,8)9)18-26(22-32)31(10,11)12/h17-22H,1-16H3. The van der Waals surface area contributed by atoms with Gasteiger partial charge in [-0.3, -0.25) is 0 Å². The molecule has 2 radical (unpaired) electrons. The van der Waals surface area contributed by atoms with Gasteiger partial charge in [0.15, 0.2) is 0 Å². The Morgan fingerprint density at radius 2 is 1.03 bits per heavy atom. The van der Waals surface area contributed by atoms with Gasteiger partial charge in [-0.05, 0) is 49.4 Å². The monoisotopic (exact) mass is 494 g/mol. The number of allylic oxidation sites excluding steroid dienone is 4. The normalized spacial score (nSPS) is 21.0. The van der Waals surface area contributed by atoms with Crippen LogP contribution >= 0.6 is 0 Å². The molecule has 34 heavy (non-hydrogen) atoms. The highest BCUT2D eigenvalue weighted by atomic mass is 28.4. The first-order valence-electron chi connectivity index (χ1n) is 13.2. The fourth-order valence-electron chi connectivity index (χ4n) is 5.02. The molecule has 190 valence electrons. The molecule has 1 atom stereocenters. The van der Waals surface area contributed by atoms with Crippen LogP contribution in [0.3, 0.4) is 0 Å². The van der Waals surface area contributed by atoms with E-state index in [0.717, 1.165) is 0 Å². The summed E-state index contributed by atoms with van der Waals surface area (Å²) < 4.78 is 0.156. The van der Waals surface area contributed by atoms with Gasteiger partial charge >= 0.3 is 0 Å². The maximum atomic E-state index is 2.74. The summed E-state index contributed by atoms with van der Waals surface area (Å²) in [6.45, 7) is 38.9. The molecule has 1 aliphatic rings. The van der Waals surface area contributed by atoms with Crippen molar-refractivity contribution in [2.75, 3.05) is 0 Å². The van der Waals surface area contributed by atoms with Gasteiger partial charge in [-0.25, -0.2) is 0 Å². The van der Waals surface area contributed by atoms with Crippen LogP contribution in [0.15, 0.2) is 41.5 Å². The maximum Gasteiger partial charge on any atom is 0.0882 e. The lowest BCUT2D eigenvalue weighted by Gasteiger charge is -2.52. The third kappa shape index (κ3) is 5.75. The molecule has 0 saturated heterocycles. The Kier molecular flexibility index (Phi) is 7.69. The predicted molar refractivity (Wildman–Crippen MR) is 161 cm³/mol. The summed E-state index contributed by atoms with van der Waals surface area (Å²) in [7, 11) is -2.67. The zero-order chi connectivity index (χ0) is 26.7. The molecule has 1 aromatic carbocycles. The zero-order valence-corrected chi connectivity index (χ0v) is 27.5. The average Bonchev–Trinajstić information content (AvgIpc) is 2.64. The highest BCUT2D eigenvalue weighted by Crippen LogP contribution is 2.55. The van der Waals surface area contributed by atoms with Crippen molar-refractivity contribution in [2.24, 2.45) is 10.8 Å². The number of hydrogen-bond acceptors (Lipinski definition) is 0. The highest BCUT2D eigenvalue weighted by molar-refractivity contribution is 7.02. The molecule has 0 spiro atoms. The summed E-state index contributed by atoms with van der Waals surface area (Å²) in [5, 5.41) is 1.62. The van der Waals surface area contributed by atoms with Gasteiger partial charge in [-0.1, -0.05) is 150 Å². The zero-order valence-electron chi connectivity index (χ0n) is 25.5. The van der Waals surface area contributed by atoms with Crippen LogP contribution in [0.4, 0.5) is 0 Å². The predicted octanol–water partition coefficient (Wildman–Crippen LogP) is 9.39. The fourth-order valence-corrected chi connectivity index (χ4v) is 13.9. The second-order valence-electron chi connectivity index (χ2n) is 15.6. The van der Waals surface area contributed by atoms with E-state index in [0.29, 0.717) is 0 Å². The lowest BCUT2D eigenvalue weighted by atomic mass is 9.75. The van der Waals surface area contributed by atoms with E-state index in [-0.39, 0.29) is 26.3 Å². The molecule has 0 nitrogen and oxygen atoms in total. The molecule has 0 aromatic heterocycles. The fraction of sp³-hybridized carbons (Fsp3) is 0.656. The van der Waals surface area contributed by atoms with Crippen LogP contribution in [0, 0.1) is 17.3 Å².